The van der Waals surface area contributed by atoms with Gasteiger partial charge in [0.2, 0.25) is 0 Å². The number of benzene rings is 3. The highest BCUT2D eigenvalue weighted by Gasteiger charge is 2.18. The fourth-order valence-corrected chi connectivity index (χ4v) is 6.62. The molecule has 0 atom stereocenters. The summed E-state index contributed by atoms with van der Waals surface area (Å²) in [6.07, 6.45) is 11.5. The Morgan fingerprint density at radius 2 is 0.902 bits per heavy atom. The molecule has 8 bridgehead atoms. The van der Waals surface area contributed by atoms with Crippen LogP contribution < -0.4 is 0 Å². The van der Waals surface area contributed by atoms with Crippen LogP contribution in [0.5, 0.6) is 0 Å². The monoisotopic (exact) mass is 664 g/mol. The molecule has 0 aliphatic carbocycles. The lowest BCUT2D eigenvalue weighted by Gasteiger charge is -2.17. The number of carbonyl (C=O) groups excluding carboxylic acids is 1. The quantitative estimate of drug-likeness (QED) is 0.142. The fourth-order valence-electron chi connectivity index (χ4n) is 6.62. The number of hydrogen-bond donors (Lipinski definition) is 2. The lowest BCUT2D eigenvalue weighted by molar-refractivity contribution is -0.148. The summed E-state index contributed by atoms with van der Waals surface area (Å²) in [5.41, 5.74) is 13.0. The molecule has 0 radical (unpaired) electrons. The molecular weight excluding hydrogens is 629 g/mol. The molecule has 2 aliphatic heterocycles. The van der Waals surface area contributed by atoms with Gasteiger partial charge in [0.15, 0.2) is 0 Å². The van der Waals surface area contributed by atoms with Crippen molar-refractivity contribution in [2.75, 3.05) is 0 Å². The molecule has 6 aromatic rings. The molecule has 6 heteroatoms. The van der Waals surface area contributed by atoms with Gasteiger partial charge in [-0.25, -0.2) is 14.8 Å². The number of hydrogen-bond acceptors (Lipinski definition) is 4. The van der Waals surface area contributed by atoms with Crippen molar-refractivity contribution in [3.8, 4) is 33.4 Å². The lowest BCUT2D eigenvalue weighted by atomic mass is 10.0. The molecule has 6 nitrogen and oxygen atoms in total. The normalized spacial score (nSPS) is 12.5. The van der Waals surface area contributed by atoms with Crippen molar-refractivity contribution in [2.24, 2.45) is 0 Å². The standard InChI is InChI=1S/C45H36N4O2/c1-45(2,3)51-41(50)28-19-32-33-20-22-35(46-33)42(29-13-7-4-8-14-29)37-24-26-39(48-37)44(31-17-11-6-12-18-31)40-27-25-38(49-40)43(30-15-9-5-10-16-30)36-23-21-34(32)47-36/h4-28,46,49H,1-3H3/b28-19+,33-32?,34-32?,42-35?,42-37?,43-36?,43-38?,44-39?,44-40?. The SMILES string of the molecule is CC(C)(C)OC(=O)/C=C/c1c2nc(c(-c3ccccc3)c3ccc([nH]3)c(-c3ccccc3)c3nc(c(-c4ccccc4)c4ccc1[nH]4)C=C3)C=C2. The van der Waals surface area contributed by atoms with Gasteiger partial charge in [-0.1, -0.05) is 91.0 Å². The molecule has 2 N–H and O–H groups in total. The number of aromatic amines is 2. The van der Waals surface area contributed by atoms with Crippen molar-refractivity contribution in [1.82, 2.24) is 19.9 Å². The predicted molar refractivity (Wildman–Crippen MR) is 210 cm³/mol. The van der Waals surface area contributed by atoms with Crippen molar-refractivity contribution in [3.05, 3.63) is 150 Å². The van der Waals surface area contributed by atoms with Crippen LogP contribution in [0.4, 0.5) is 0 Å². The molecule has 3 aromatic heterocycles. The average molecular weight is 665 g/mol. The smallest absolute Gasteiger partial charge is 0.331 e. The van der Waals surface area contributed by atoms with Gasteiger partial charge < -0.3 is 14.7 Å². The van der Waals surface area contributed by atoms with Crippen LogP contribution in [0.2, 0.25) is 0 Å². The first-order valence-corrected chi connectivity index (χ1v) is 17.0. The number of H-pyrrole nitrogens is 2. The molecule has 5 heterocycles. The van der Waals surface area contributed by atoms with Crippen molar-refractivity contribution in [1.29, 1.82) is 0 Å². The minimum Gasteiger partial charge on any atom is -0.457 e. The van der Waals surface area contributed by atoms with E-state index >= 15 is 0 Å². The Morgan fingerprint density at radius 1 is 0.529 bits per heavy atom. The Balaban J connectivity index is 1.51. The first-order valence-electron chi connectivity index (χ1n) is 17.0. The molecule has 8 rings (SSSR count). The Morgan fingerprint density at radius 3 is 1.33 bits per heavy atom. The first-order chi connectivity index (χ1) is 24.8. The summed E-state index contributed by atoms with van der Waals surface area (Å²) in [6.45, 7) is 5.58. The summed E-state index contributed by atoms with van der Waals surface area (Å²) in [5, 5.41) is 0. The molecule has 248 valence electrons. The highest BCUT2D eigenvalue weighted by atomic mass is 16.6. The molecule has 0 fully saturated rings. The van der Waals surface area contributed by atoms with Gasteiger partial charge in [0.25, 0.3) is 0 Å². The van der Waals surface area contributed by atoms with Crippen LogP contribution in [-0.2, 0) is 9.53 Å². The summed E-state index contributed by atoms with van der Waals surface area (Å²) in [4.78, 5) is 30.9. The van der Waals surface area contributed by atoms with E-state index < -0.39 is 11.6 Å². The van der Waals surface area contributed by atoms with Gasteiger partial charge in [0.05, 0.1) is 22.8 Å². The summed E-state index contributed by atoms with van der Waals surface area (Å²) in [6, 6.07) is 39.3. The summed E-state index contributed by atoms with van der Waals surface area (Å²) >= 11 is 0. The molecule has 51 heavy (non-hydrogen) atoms. The maximum Gasteiger partial charge on any atom is 0.331 e. The number of ether oxygens (including phenoxy) is 1. The fraction of sp³-hybridized carbons (Fsp3) is 0.0889. The van der Waals surface area contributed by atoms with Gasteiger partial charge in [-0.15, -0.1) is 0 Å². The molecule has 0 saturated heterocycles. The Kier molecular flexibility index (Phi) is 8.13. The molecule has 0 spiro atoms. The zero-order valence-corrected chi connectivity index (χ0v) is 28.6. The maximum absolute atomic E-state index is 12.9. The number of rotatable bonds is 5. The van der Waals surface area contributed by atoms with Crippen LogP contribution >= 0.6 is 0 Å². The first kappa shape index (κ1) is 31.7. The van der Waals surface area contributed by atoms with Gasteiger partial charge in [-0.2, -0.15) is 0 Å². The van der Waals surface area contributed by atoms with Gasteiger partial charge in [-0.05, 0) is 92.1 Å². The Bertz CT molecular complexity index is 2500. The number of fused-ring (bicyclic) bond motifs is 8. The number of carbonyl (C=O) groups is 1. The second-order valence-corrected chi connectivity index (χ2v) is 13.5. The number of aromatic nitrogens is 4. The summed E-state index contributed by atoms with van der Waals surface area (Å²) < 4.78 is 5.63. The van der Waals surface area contributed by atoms with Crippen LogP contribution in [0.15, 0.2) is 121 Å². The summed E-state index contributed by atoms with van der Waals surface area (Å²) in [5.74, 6) is -0.424. The molecule has 0 amide bonds. The predicted octanol–water partition coefficient (Wildman–Crippen LogP) is 11.0. The lowest BCUT2D eigenvalue weighted by Crippen LogP contribution is -2.22. The van der Waals surface area contributed by atoms with Crippen molar-refractivity contribution in [3.63, 3.8) is 0 Å². The second-order valence-electron chi connectivity index (χ2n) is 13.5. The van der Waals surface area contributed by atoms with E-state index in [1.165, 1.54) is 6.08 Å². The van der Waals surface area contributed by atoms with Gasteiger partial charge in [0, 0.05) is 50.4 Å². The van der Waals surface area contributed by atoms with E-state index in [-0.39, 0.29) is 0 Å². The van der Waals surface area contributed by atoms with Crippen LogP contribution in [0, 0.1) is 0 Å². The molecule has 0 saturated carbocycles. The van der Waals surface area contributed by atoms with Crippen molar-refractivity contribution in [2.45, 2.75) is 26.4 Å². The topological polar surface area (TPSA) is 83.7 Å². The van der Waals surface area contributed by atoms with E-state index in [4.69, 9.17) is 14.7 Å². The number of nitrogens with one attached hydrogen (secondary N) is 2. The minimum absolute atomic E-state index is 0.424. The highest BCUT2D eigenvalue weighted by Crippen LogP contribution is 2.36. The third kappa shape index (κ3) is 6.47. The summed E-state index contributed by atoms with van der Waals surface area (Å²) in [7, 11) is 0. The van der Waals surface area contributed by atoms with E-state index in [1.807, 2.05) is 81.5 Å². The van der Waals surface area contributed by atoms with Crippen LogP contribution in [0.1, 0.15) is 49.1 Å². The van der Waals surface area contributed by atoms with Gasteiger partial charge >= 0.3 is 5.97 Å². The van der Waals surface area contributed by atoms with Crippen molar-refractivity contribution < 1.29 is 9.53 Å². The molecule has 2 aliphatic rings. The molecule has 0 unspecified atom stereocenters. The highest BCUT2D eigenvalue weighted by molar-refractivity contribution is 5.99. The van der Waals surface area contributed by atoms with Gasteiger partial charge in [0.1, 0.15) is 5.60 Å². The zero-order valence-electron chi connectivity index (χ0n) is 28.6. The number of esters is 1. The number of nitrogens with zero attached hydrogens (tertiary/aromatic N) is 2. The van der Waals surface area contributed by atoms with Crippen LogP contribution in [0.25, 0.3) is 85.8 Å². The average Bonchev–Trinajstić information content (AvgIpc) is 3.96. The maximum atomic E-state index is 12.9. The largest absolute Gasteiger partial charge is 0.457 e. The van der Waals surface area contributed by atoms with E-state index in [9.17, 15) is 4.79 Å². The molecule has 3 aromatic carbocycles. The van der Waals surface area contributed by atoms with E-state index in [2.05, 4.69) is 88.9 Å². The van der Waals surface area contributed by atoms with Gasteiger partial charge in [-0.3, -0.25) is 0 Å². The Labute approximate surface area is 296 Å². The van der Waals surface area contributed by atoms with E-state index in [0.717, 1.165) is 83.8 Å². The van der Waals surface area contributed by atoms with Crippen LogP contribution in [-0.4, -0.2) is 31.5 Å². The third-order valence-corrected chi connectivity index (χ3v) is 8.77. The van der Waals surface area contributed by atoms with Crippen LogP contribution in [0.3, 0.4) is 0 Å². The van der Waals surface area contributed by atoms with Crippen molar-refractivity contribution >= 4 is 58.4 Å². The third-order valence-electron chi connectivity index (χ3n) is 8.77. The Hall–Kier alpha value is -6.53. The minimum atomic E-state index is -0.616. The second kappa shape index (κ2) is 13.1. The van der Waals surface area contributed by atoms with E-state index in [0.29, 0.717) is 0 Å². The molecular formula is C45H36N4O2. The van der Waals surface area contributed by atoms with E-state index in [1.54, 1.807) is 6.08 Å². The zero-order chi connectivity index (χ0) is 35.0.